The number of likely N-dealkylation sites (N-methyl/N-ethyl adjacent to an activating group) is 1. The zero-order chi connectivity index (χ0) is 10.9. The third-order valence-electron chi connectivity index (χ3n) is 2.32. The number of hydrogen-bond acceptors (Lipinski definition) is 2. The molecule has 1 aromatic carbocycles. The smallest absolute Gasteiger partial charge is 0.119 e. The van der Waals surface area contributed by atoms with Crippen LogP contribution in [0.1, 0.15) is 26.7 Å². The molecule has 15 heavy (non-hydrogen) atoms. The third kappa shape index (κ3) is 4.84. The van der Waals surface area contributed by atoms with E-state index in [1.807, 2.05) is 30.3 Å². The van der Waals surface area contributed by atoms with E-state index in [1.165, 1.54) is 12.8 Å². The first kappa shape index (κ1) is 12.1. The van der Waals surface area contributed by atoms with E-state index in [-0.39, 0.29) is 0 Å². The van der Waals surface area contributed by atoms with Crippen LogP contribution in [0.2, 0.25) is 0 Å². The van der Waals surface area contributed by atoms with Crippen LogP contribution in [0.5, 0.6) is 5.75 Å². The van der Waals surface area contributed by atoms with E-state index in [4.69, 9.17) is 4.74 Å². The van der Waals surface area contributed by atoms with Crippen molar-refractivity contribution in [3.8, 4) is 5.75 Å². The van der Waals surface area contributed by atoms with E-state index in [9.17, 15) is 0 Å². The molecule has 1 aromatic rings. The second-order valence-corrected chi connectivity index (χ2v) is 3.67. The molecule has 84 valence electrons. The molecule has 1 atom stereocenters. The summed E-state index contributed by atoms with van der Waals surface area (Å²) < 4.78 is 5.71. The van der Waals surface area contributed by atoms with Crippen molar-refractivity contribution in [1.29, 1.82) is 0 Å². The summed E-state index contributed by atoms with van der Waals surface area (Å²) in [6.45, 7) is 6.09. The van der Waals surface area contributed by atoms with Crippen molar-refractivity contribution >= 4 is 0 Å². The van der Waals surface area contributed by atoms with Gasteiger partial charge in [-0.15, -0.1) is 0 Å². The summed E-state index contributed by atoms with van der Waals surface area (Å²) in [4.78, 5) is 0. The van der Waals surface area contributed by atoms with Crippen molar-refractivity contribution in [2.75, 3.05) is 13.2 Å². The van der Waals surface area contributed by atoms with Gasteiger partial charge >= 0.3 is 0 Å². The van der Waals surface area contributed by atoms with Crippen LogP contribution >= 0.6 is 0 Å². The van der Waals surface area contributed by atoms with Crippen LogP contribution in [-0.2, 0) is 0 Å². The SMILES string of the molecule is CCCC(COc1ccccc1)NCC. The second-order valence-electron chi connectivity index (χ2n) is 3.67. The summed E-state index contributed by atoms with van der Waals surface area (Å²) in [6, 6.07) is 10.5. The number of hydrogen-bond donors (Lipinski definition) is 1. The Balaban J connectivity index is 2.33. The molecular weight excluding hydrogens is 186 g/mol. The van der Waals surface area contributed by atoms with Gasteiger partial charge in [-0.2, -0.15) is 0 Å². The lowest BCUT2D eigenvalue weighted by atomic mass is 10.2. The number of benzene rings is 1. The Morgan fingerprint density at radius 2 is 1.93 bits per heavy atom. The summed E-state index contributed by atoms with van der Waals surface area (Å²) >= 11 is 0. The number of ether oxygens (including phenoxy) is 1. The van der Waals surface area contributed by atoms with E-state index in [1.54, 1.807) is 0 Å². The Kier molecular flexibility index (Phi) is 5.86. The highest BCUT2D eigenvalue weighted by atomic mass is 16.5. The van der Waals surface area contributed by atoms with Crippen molar-refractivity contribution < 1.29 is 4.74 Å². The van der Waals surface area contributed by atoms with E-state index in [0.29, 0.717) is 6.04 Å². The minimum Gasteiger partial charge on any atom is -0.492 e. The molecule has 1 rings (SSSR count). The van der Waals surface area contributed by atoms with Crippen LogP contribution in [-0.4, -0.2) is 19.2 Å². The summed E-state index contributed by atoms with van der Waals surface area (Å²) in [6.07, 6.45) is 2.36. The second kappa shape index (κ2) is 7.30. The molecule has 0 aliphatic rings. The van der Waals surface area contributed by atoms with Crippen LogP contribution in [0.15, 0.2) is 30.3 Å². The summed E-state index contributed by atoms with van der Waals surface area (Å²) in [5.41, 5.74) is 0. The van der Waals surface area contributed by atoms with Gasteiger partial charge in [-0.3, -0.25) is 0 Å². The third-order valence-corrected chi connectivity index (χ3v) is 2.32. The maximum Gasteiger partial charge on any atom is 0.119 e. The monoisotopic (exact) mass is 207 g/mol. The molecule has 0 heterocycles. The lowest BCUT2D eigenvalue weighted by Crippen LogP contribution is -2.34. The molecule has 0 saturated heterocycles. The fourth-order valence-electron chi connectivity index (χ4n) is 1.59. The van der Waals surface area contributed by atoms with Crippen LogP contribution in [0.4, 0.5) is 0 Å². The van der Waals surface area contributed by atoms with Crippen LogP contribution in [0, 0.1) is 0 Å². The predicted octanol–water partition coefficient (Wildman–Crippen LogP) is 2.84. The highest BCUT2D eigenvalue weighted by molar-refractivity contribution is 5.20. The van der Waals surface area contributed by atoms with Crippen LogP contribution in [0.25, 0.3) is 0 Å². The molecule has 1 N–H and O–H groups in total. The molecule has 0 bridgehead atoms. The molecule has 0 amide bonds. The number of nitrogens with one attached hydrogen (secondary N) is 1. The fourth-order valence-corrected chi connectivity index (χ4v) is 1.59. The molecule has 0 saturated carbocycles. The van der Waals surface area contributed by atoms with Crippen molar-refractivity contribution in [2.24, 2.45) is 0 Å². The van der Waals surface area contributed by atoms with E-state index in [2.05, 4.69) is 19.2 Å². The molecule has 1 unspecified atom stereocenters. The zero-order valence-electron chi connectivity index (χ0n) is 9.70. The van der Waals surface area contributed by atoms with Crippen molar-refractivity contribution in [3.63, 3.8) is 0 Å². The molecule has 0 radical (unpaired) electrons. The average molecular weight is 207 g/mol. The van der Waals surface area contributed by atoms with Gasteiger partial charge in [-0.05, 0) is 25.1 Å². The molecule has 0 aliphatic carbocycles. The van der Waals surface area contributed by atoms with E-state index < -0.39 is 0 Å². The maximum absolute atomic E-state index is 5.71. The highest BCUT2D eigenvalue weighted by Crippen LogP contribution is 2.09. The molecule has 0 fully saturated rings. The zero-order valence-corrected chi connectivity index (χ0v) is 9.70. The predicted molar refractivity (Wildman–Crippen MR) is 64.3 cm³/mol. The number of para-hydroxylation sites is 1. The quantitative estimate of drug-likeness (QED) is 0.742. The molecule has 2 heteroatoms. The van der Waals surface area contributed by atoms with Gasteiger partial charge in [0, 0.05) is 6.04 Å². The first-order valence-corrected chi connectivity index (χ1v) is 5.78. The summed E-state index contributed by atoms with van der Waals surface area (Å²) in [5.74, 6) is 0.955. The molecular formula is C13H21NO. The Morgan fingerprint density at radius 1 is 1.20 bits per heavy atom. The van der Waals surface area contributed by atoms with Gasteiger partial charge in [0.05, 0.1) is 0 Å². The van der Waals surface area contributed by atoms with Crippen molar-refractivity contribution in [1.82, 2.24) is 5.32 Å². The van der Waals surface area contributed by atoms with Gasteiger partial charge in [0.25, 0.3) is 0 Å². The number of rotatable bonds is 7. The van der Waals surface area contributed by atoms with E-state index in [0.717, 1.165) is 18.9 Å². The minimum atomic E-state index is 0.472. The van der Waals surface area contributed by atoms with Gasteiger partial charge in [0.1, 0.15) is 12.4 Å². The molecule has 0 aromatic heterocycles. The first-order chi connectivity index (χ1) is 7.36. The van der Waals surface area contributed by atoms with Gasteiger partial charge < -0.3 is 10.1 Å². The standard InChI is InChI=1S/C13H21NO/c1-3-8-12(14-4-2)11-15-13-9-6-5-7-10-13/h5-7,9-10,12,14H,3-4,8,11H2,1-2H3. The lowest BCUT2D eigenvalue weighted by Gasteiger charge is -2.17. The minimum absolute atomic E-state index is 0.472. The maximum atomic E-state index is 5.71. The van der Waals surface area contributed by atoms with Gasteiger partial charge in [-0.1, -0.05) is 38.5 Å². The van der Waals surface area contributed by atoms with Crippen molar-refractivity contribution in [2.45, 2.75) is 32.7 Å². The van der Waals surface area contributed by atoms with E-state index >= 15 is 0 Å². The fraction of sp³-hybridized carbons (Fsp3) is 0.538. The summed E-state index contributed by atoms with van der Waals surface area (Å²) in [5, 5.41) is 3.43. The van der Waals surface area contributed by atoms with Crippen LogP contribution in [0.3, 0.4) is 0 Å². The Morgan fingerprint density at radius 3 is 2.53 bits per heavy atom. The summed E-state index contributed by atoms with van der Waals surface area (Å²) in [7, 11) is 0. The van der Waals surface area contributed by atoms with Gasteiger partial charge in [-0.25, -0.2) is 0 Å². The highest BCUT2D eigenvalue weighted by Gasteiger charge is 2.06. The molecule has 0 spiro atoms. The van der Waals surface area contributed by atoms with Crippen molar-refractivity contribution in [3.05, 3.63) is 30.3 Å². The topological polar surface area (TPSA) is 21.3 Å². The first-order valence-electron chi connectivity index (χ1n) is 5.78. The largest absolute Gasteiger partial charge is 0.492 e. The Bertz CT molecular complexity index is 242. The normalized spacial score (nSPS) is 12.4. The molecule has 2 nitrogen and oxygen atoms in total. The van der Waals surface area contributed by atoms with Crippen LogP contribution < -0.4 is 10.1 Å². The lowest BCUT2D eigenvalue weighted by molar-refractivity contribution is 0.257. The molecule has 0 aliphatic heterocycles. The Hall–Kier alpha value is -1.02. The van der Waals surface area contributed by atoms with Gasteiger partial charge in [0.15, 0.2) is 0 Å². The Labute approximate surface area is 92.6 Å². The average Bonchev–Trinajstić information content (AvgIpc) is 2.28. The van der Waals surface area contributed by atoms with Gasteiger partial charge in [0.2, 0.25) is 0 Å².